The number of aliphatic hydroxyl groups is 1. The van der Waals surface area contributed by atoms with Crippen molar-refractivity contribution in [1.29, 1.82) is 0 Å². The molecular formula is C8H14O3. The molecule has 1 N–H and O–H groups in total. The number of rotatable bonds is 3. The molecule has 0 heterocycles. The molecule has 0 fully saturated rings. The normalized spacial score (nSPS) is 14.4. The van der Waals surface area contributed by atoms with E-state index in [1.165, 1.54) is 6.08 Å². The molecule has 0 aromatic heterocycles. The Hall–Kier alpha value is -0.830. The molecule has 0 spiro atoms. The van der Waals surface area contributed by atoms with Crippen LogP contribution in [0.3, 0.4) is 0 Å². The van der Waals surface area contributed by atoms with Crippen molar-refractivity contribution in [3.05, 3.63) is 11.6 Å². The number of aliphatic hydroxyl groups excluding tert-OH is 1. The molecule has 11 heavy (non-hydrogen) atoms. The molecule has 0 rings (SSSR count). The van der Waals surface area contributed by atoms with Gasteiger partial charge in [0.1, 0.15) is 0 Å². The van der Waals surface area contributed by atoms with E-state index in [1.807, 2.05) is 0 Å². The fraction of sp³-hybridized carbons (Fsp3) is 0.625. The summed E-state index contributed by atoms with van der Waals surface area (Å²) in [6, 6.07) is 0. The van der Waals surface area contributed by atoms with E-state index in [1.54, 1.807) is 20.8 Å². The second kappa shape index (κ2) is 4.91. The first kappa shape index (κ1) is 10.2. The second-order valence-electron chi connectivity index (χ2n) is 2.32. The van der Waals surface area contributed by atoms with Crippen molar-refractivity contribution in [3.63, 3.8) is 0 Å². The molecule has 0 aliphatic carbocycles. The Morgan fingerprint density at radius 3 is 2.64 bits per heavy atom. The van der Waals surface area contributed by atoms with E-state index >= 15 is 0 Å². The zero-order valence-corrected chi connectivity index (χ0v) is 7.13. The van der Waals surface area contributed by atoms with Crippen LogP contribution in [0.2, 0.25) is 0 Å². The molecule has 0 aliphatic rings. The van der Waals surface area contributed by atoms with Crippen molar-refractivity contribution < 1.29 is 14.6 Å². The van der Waals surface area contributed by atoms with Gasteiger partial charge in [0.2, 0.25) is 0 Å². The third-order valence-electron chi connectivity index (χ3n) is 1.29. The highest BCUT2D eigenvalue weighted by Gasteiger charge is 2.01. The van der Waals surface area contributed by atoms with Gasteiger partial charge in [-0.2, -0.15) is 0 Å². The Morgan fingerprint density at radius 2 is 2.27 bits per heavy atom. The van der Waals surface area contributed by atoms with Gasteiger partial charge in [-0.25, -0.2) is 4.79 Å². The summed E-state index contributed by atoms with van der Waals surface area (Å²) >= 11 is 0. The molecule has 3 nitrogen and oxygen atoms in total. The molecule has 0 saturated heterocycles. The van der Waals surface area contributed by atoms with Gasteiger partial charge in [0, 0.05) is 6.08 Å². The van der Waals surface area contributed by atoms with Crippen LogP contribution >= 0.6 is 0 Å². The van der Waals surface area contributed by atoms with Crippen LogP contribution in [0.15, 0.2) is 11.6 Å². The monoisotopic (exact) mass is 158 g/mol. The largest absolute Gasteiger partial charge is 0.463 e. The van der Waals surface area contributed by atoms with Crippen LogP contribution in [0.1, 0.15) is 20.8 Å². The lowest BCUT2D eigenvalue weighted by molar-refractivity contribution is -0.137. The Balaban J connectivity index is 3.97. The second-order valence-corrected chi connectivity index (χ2v) is 2.32. The summed E-state index contributed by atoms with van der Waals surface area (Å²) in [7, 11) is 0. The predicted molar refractivity (Wildman–Crippen MR) is 42.1 cm³/mol. The zero-order valence-electron chi connectivity index (χ0n) is 7.13. The van der Waals surface area contributed by atoms with E-state index in [2.05, 4.69) is 4.74 Å². The van der Waals surface area contributed by atoms with E-state index in [0.717, 1.165) is 0 Å². The molecular weight excluding hydrogens is 144 g/mol. The first-order valence-electron chi connectivity index (χ1n) is 3.61. The molecule has 0 saturated carbocycles. The maximum atomic E-state index is 10.7. The van der Waals surface area contributed by atoms with Crippen LogP contribution in [0.25, 0.3) is 0 Å². The fourth-order valence-corrected chi connectivity index (χ4v) is 0.490. The van der Waals surface area contributed by atoms with Crippen LogP contribution in [-0.4, -0.2) is 23.8 Å². The van der Waals surface area contributed by atoms with E-state index in [9.17, 15) is 4.79 Å². The Morgan fingerprint density at radius 1 is 1.73 bits per heavy atom. The maximum absolute atomic E-state index is 10.7. The van der Waals surface area contributed by atoms with Crippen molar-refractivity contribution in [3.8, 4) is 0 Å². The van der Waals surface area contributed by atoms with Crippen LogP contribution in [-0.2, 0) is 9.53 Å². The van der Waals surface area contributed by atoms with E-state index in [-0.39, 0.29) is 0 Å². The molecule has 0 aliphatic heterocycles. The zero-order chi connectivity index (χ0) is 8.85. The lowest BCUT2D eigenvalue weighted by Gasteiger charge is -2.02. The van der Waals surface area contributed by atoms with Crippen LogP contribution in [0.4, 0.5) is 0 Å². The lowest BCUT2D eigenvalue weighted by atomic mass is 10.2. The van der Waals surface area contributed by atoms with Gasteiger partial charge < -0.3 is 9.84 Å². The minimum absolute atomic E-state index is 0.364. The topological polar surface area (TPSA) is 46.5 Å². The molecule has 64 valence electrons. The highest BCUT2D eigenvalue weighted by Crippen LogP contribution is 1.99. The third kappa shape index (κ3) is 4.56. The summed E-state index contributed by atoms with van der Waals surface area (Å²) in [5.74, 6) is -0.397. The highest BCUT2D eigenvalue weighted by atomic mass is 16.5. The quantitative estimate of drug-likeness (QED) is 0.490. The number of carbonyl (C=O) groups excluding carboxylic acids is 1. The smallest absolute Gasteiger partial charge is 0.330 e. The molecule has 0 aromatic rings. The minimum atomic E-state index is -0.584. The van der Waals surface area contributed by atoms with Gasteiger partial charge in [0.15, 0.2) is 0 Å². The van der Waals surface area contributed by atoms with Gasteiger partial charge in [-0.1, -0.05) is 0 Å². The fourth-order valence-electron chi connectivity index (χ4n) is 0.490. The van der Waals surface area contributed by atoms with Crippen LogP contribution in [0, 0.1) is 0 Å². The number of hydrogen-bond donors (Lipinski definition) is 1. The van der Waals surface area contributed by atoms with Crippen molar-refractivity contribution in [2.75, 3.05) is 6.61 Å². The van der Waals surface area contributed by atoms with Gasteiger partial charge in [0.25, 0.3) is 0 Å². The number of esters is 1. The van der Waals surface area contributed by atoms with Gasteiger partial charge in [-0.3, -0.25) is 0 Å². The molecule has 0 unspecified atom stereocenters. The molecule has 0 amide bonds. The Kier molecular flexibility index (Phi) is 4.54. The molecule has 0 bridgehead atoms. The van der Waals surface area contributed by atoms with Gasteiger partial charge >= 0.3 is 5.97 Å². The van der Waals surface area contributed by atoms with Crippen molar-refractivity contribution >= 4 is 5.97 Å². The van der Waals surface area contributed by atoms with E-state index in [4.69, 9.17) is 5.11 Å². The predicted octanol–water partition coefficient (Wildman–Crippen LogP) is 0.877. The number of ether oxygens (including phenoxy) is 1. The average Bonchev–Trinajstić information content (AvgIpc) is 1.87. The average molecular weight is 158 g/mol. The lowest BCUT2D eigenvalue weighted by Crippen LogP contribution is -2.06. The Labute approximate surface area is 66.7 Å². The van der Waals surface area contributed by atoms with Crippen LogP contribution < -0.4 is 0 Å². The standard InChI is InChI=1S/C8H14O3/c1-4-11-8(10)5-6(2)7(3)9/h5,7,9H,4H2,1-3H3/b6-5+/t7-/m1/s1. The summed E-state index contributed by atoms with van der Waals surface area (Å²) in [5.41, 5.74) is 0.614. The summed E-state index contributed by atoms with van der Waals surface area (Å²) in [6.45, 7) is 5.39. The van der Waals surface area contributed by atoms with Crippen molar-refractivity contribution in [1.82, 2.24) is 0 Å². The molecule has 0 aromatic carbocycles. The molecule has 1 atom stereocenters. The summed E-state index contributed by atoms with van der Waals surface area (Å²) in [4.78, 5) is 10.7. The summed E-state index contributed by atoms with van der Waals surface area (Å²) in [5, 5.41) is 8.96. The molecule has 0 radical (unpaired) electrons. The van der Waals surface area contributed by atoms with Gasteiger partial charge in [0.05, 0.1) is 12.7 Å². The van der Waals surface area contributed by atoms with Gasteiger partial charge in [-0.05, 0) is 26.3 Å². The van der Waals surface area contributed by atoms with E-state index < -0.39 is 12.1 Å². The van der Waals surface area contributed by atoms with Crippen LogP contribution in [0.5, 0.6) is 0 Å². The van der Waals surface area contributed by atoms with E-state index in [0.29, 0.717) is 12.2 Å². The van der Waals surface area contributed by atoms with Gasteiger partial charge in [-0.15, -0.1) is 0 Å². The number of carbonyl (C=O) groups is 1. The highest BCUT2D eigenvalue weighted by molar-refractivity contribution is 5.82. The van der Waals surface area contributed by atoms with Crippen molar-refractivity contribution in [2.45, 2.75) is 26.9 Å². The SMILES string of the molecule is CCOC(=O)/C=C(\C)[C@@H](C)O. The maximum Gasteiger partial charge on any atom is 0.330 e. The number of hydrogen-bond acceptors (Lipinski definition) is 3. The first-order chi connectivity index (χ1) is 5.07. The third-order valence-corrected chi connectivity index (χ3v) is 1.29. The molecule has 3 heteroatoms. The van der Waals surface area contributed by atoms with Crippen molar-refractivity contribution in [2.24, 2.45) is 0 Å². The Bertz CT molecular complexity index is 159. The summed E-state index contributed by atoms with van der Waals surface area (Å²) < 4.78 is 4.64. The first-order valence-corrected chi connectivity index (χ1v) is 3.61. The minimum Gasteiger partial charge on any atom is -0.463 e. The summed E-state index contributed by atoms with van der Waals surface area (Å²) in [6.07, 6.45) is 0.716.